The van der Waals surface area contributed by atoms with E-state index in [9.17, 15) is 14.4 Å². The number of hydrogen-bond acceptors (Lipinski definition) is 4. The van der Waals surface area contributed by atoms with E-state index >= 15 is 0 Å². The number of amides is 2. The topological polar surface area (TPSA) is 57.7 Å². The summed E-state index contributed by atoms with van der Waals surface area (Å²) in [6, 6.07) is 9.05. The van der Waals surface area contributed by atoms with E-state index in [0.717, 1.165) is 5.56 Å². The molecule has 1 aromatic rings. The molecule has 140 valence electrons. The zero-order valence-electron chi connectivity index (χ0n) is 16.0. The summed E-state index contributed by atoms with van der Waals surface area (Å²) in [7, 11) is 1.73. The largest absolute Gasteiger partial charge is 0.340 e. The molecule has 26 heavy (non-hydrogen) atoms. The maximum Gasteiger partial charge on any atom is 0.245 e. The van der Waals surface area contributed by atoms with Crippen molar-refractivity contribution in [3.8, 4) is 0 Å². The summed E-state index contributed by atoms with van der Waals surface area (Å²) in [6.45, 7) is 7.68. The number of allylic oxidation sites excluding steroid dienone is 1. The molecule has 0 spiro atoms. The molecular weight excluding hydrogens is 348 g/mol. The van der Waals surface area contributed by atoms with Crippen molar-refractivity contribution in [2.24, 2.45) is 5.41 Å². The van der Waals surface area contributed by atoms with Gasteiger partial charge in [0.25, 0.3) is 0 Å². The van der Waals surface area contributed by atoms with Gasteiger partial charge in [0.2, 0.25) is 11.8 Å². The Morgan fingerprint density at radius 2 is 1.88 bits per heavy atom. The summed E-state index contributed by atoms with van der Waals surface area (Å²) in [6.07, 6.45) is 1.50. The lowest BCUT2D eigenvalue weighted by atomic mass is 9.91. The van der Waals surface area contributed by atoms with Crippen molar-refractivity contribution in [1.29, 1.82) is 0 Å². The second kappa shape index (κ2) is 8.08. The monoisotopic (exact) mass is 374 g/mol. The number of rotatable bonds is 5. The lowest BCUT2D eigenvalue weighted by Crippen LogP contribution is -2.45. The predicted molar refractivity (Wildman–Crippen MR) is 104 cm³/mol. The highest BCUT2D eigenvalue weighted by Crippen LogP contribution is 2.32. The fourth-order valence-electron chi connectivity index (χ4n) is 2.61. The molecule has 2 rings (SSSR count). The van der Waals surface area contributed by atoms with E-state index in [2.05, 4.69) is 0 Å². The molecule has 0 radical (unpaired) electrons. The van der Waals surface area contributed by atoms with Crippen LogP contribution in [0.5, 0.6) is 0 Å². The number of likely N-dealkylation sites (N-methyl/N-ethyl adjacent to an activating group) is 1. The molecule has 1 aliphatic rings. The van der Waals surface area contributed by atoms with E-state index in [-0.39, 0.29) is 23.4 Å². The Labute approximate surface area is 159 Å². The Balaban J connectivity index is 2.15. The summed E-state index contributed by atoms with van der Waals surface area (Å²) in [5.41, 5.74) is 0.499. The van der Waals surface area contributed by atoms with Gasteiger partial charge in [0.1, 0.15) is 6.04 Å². The van der Waals surface area contributed by atoms with Gasteiger partial charge in [0.15, 0.2) is 5.78 Å². The summed E-state index contributed by atoms with van der Waals surface area (Å²) >= 11 is 1.31. The van der Waals surface area contributed by atoms with Crippen molar-refractivity contribution in [1.82, 2.24) is 9.80 Å². The van der Waals surface area contributed by atoms with Gasteiger partial charge in [-0.05, 0) is 12.5 Å². The number of thioether (sulfide) groups is 1. The molecular formula is C20H26N2O3S. The SMILES string of the molecule is C[C@@H](C(=O)N(C)Cc1ccccc1)N1C(=O)CS/C1=C\C(=O)C(C)(C)C. The van der Waals surface area contributed by atoms with Crippen molar-refractivity contribution in [3.05, 3.63) is 47.0 Å². The molecule has 1 aromatic carbocycles. The zero-order chi connectivity index (χ0) is 19.5. The van der Waals surface area contributed by atoms with Crippen LogP contribution in [-0.2, 0) is 20.9 Å². The average molecular weight is 375 g/mol. The molecule has 0 N–H and O–H groups in total. The third-order valence-electron chi connectivity index (χ3n) is 4.23. The standard InChI is InChI=1S/C20H26N2O3S/c1-14(19(25)21(5)12-15-9-7-6-8-10-15)22-17(24)13-26-18(22)11-16(23)20(2,3)4/h6-11,14H,12-13H2,1-5H3/b18-11-/t14-/m0/s1. The first-order valence-electron chi connectivity index (χ1n) is 8.61. The fourth-order valence-corrected chi connectivity index (χ4v) is 3.61. The molecule has 0 aromatic heterocycles. The summed E-state index contributed by atoms with van der Waals surface area (Å²) < 4.78 is 0. The first kappa shape index (κ1) is 20.2. The van der Waals surface area contributed by atoms with Crippen LogP contribution in [0.4, 0.5) is 0 Å². The van der Waals surface area contributed by atoms with Gasteiger partial charge in [-0.2, -0.15) is 0 Å². The third-order valence-corrected chi connectivity index (χ3v) is 5.23. The lowest BCUT2D eigenvalue weighted by molar-refractivity contribution is -0.140. The Bertz CT molecular complexity index is 722. The van der Waals surface area contributed by atoms with Crippen LogP contribution in [0.15, 0.2) is 41.4 Å². The minimum absolute atomic E-state index is 0.0583. The first-order valence-corrected chi connectivity index (χ1v) is 9.59. The first-order chi connectivity index (χ1) is 12.1. The number of carbonyl (C=O) groups excluding carboxylic acids is 3. The molecule has 0 unspecified atom stereocenters. The van der Waals surface area contributed by atoms with E-state index in [4.69, 9.17) is 0 Å². The Hall–Kier alpha value is -2.08. The number of hydrogen-bond donors (Lipinski definition) is 0. The van der Waals surface area contributed by atoms with Gasteiger partial charge >= 0.3 is 0 Å². The molecule has 1 saturated heterocycles. The molecule has 0 saturated carbocycles. The normalized spacial score (nSPS) is 17.5. The predicted octanol–water partition coefficient (Wildman–Crippen LogP) is 3.07. The van der Waals surface area contributed by atoms with Crippen LogP contribution in [0.1, 0.15) is 33.3 Å². The van der Waals surface area contributed by atoms with Crippen LogP contribution in [0, 0.1) is 5.41 Å². The minimum Gasteiger partial charge on any atom is -0.340 e. The quantitative estimate of drug-likeness (QED) is 0.743. The Morgan fingerprint density at radius 3 is 2.46 bits per heavy atom. The molecule has 2 amide bonds. The van der Waals surface area contributed by atoms with E-state index in [1.807, 2.05) is 51.1 Å². The molecule has 1 fully saturated rings. The van der Waals surface area contributed by atoms with Crippen LogP contribution in [0.3, 0.4) is 0 Å². The van der Waals surface area contributed by atoms with Crippen LogP contribution in [0.2, 0.25) is 0 Å². The maximum atomic E-state index is 12.8. The van der Waals surface area contributed by atoms with Gasteiger partial charge in [-0.3, -0.25) is 19.3 Å². The van der Waals surface area contributed by atoms with Gasteiger partial charge < -0.3 is 4.90 Å². The highest BCUT2D eigenvalue weighted by atomic mass is 32.2. The molecule has 1 atom stereocenters. The maximum absolute atomic E-state index is 12.8. The zero-order valence-corrected chi connectivity index (χ0v) is 16.8. The Kier molecular flexibility index (Phi) is 6.29. The van der Waals surface area contributed by atoms with Crippen molar-refractivity contribution < 1.29 is 14.4 Å². The molecule has 0 aliphatic carbocycles. The molecule has 1 aliphatic heterocycles. The van der Waals surface area contributed by atoms with Gasteiger partial charge in [0, 0.05) is 25.1 Å². The van der Waals surface area contributed by atoms with Crippen LogP contribution >= 0.6 is 11.8 Å². The van der Waals surface area contributed by atoms with Crippen molar-refractivity contribution >= 4 is 29.4 Å². The molecule has 5 nitrogen and oxygen atoms in total. The molecule has 6 heteroatoms. The van der Waals surface area contributed by atoms with Crippen LogP contribution < -0.4 is 0 Å². The number of carbonyl (C=O) groups is 3. The van der Waals surface area contributed by atoms with Gasteiger partial charge in [0.05, 0.1) is 10.8 Å². The van der Waals surface area contributed by atoms with Crippen molar-refractivity contribution in [3.63, 3.8) is 0 Å². The fraction of sp³-hybridized carbons (Fsp3) is 0.450. The molecule has 0 bridgehead atoms. The smallest absolute Gasteiger partial charge is 0.245 e. The minimum atomic E-state index is -0.648. The summed E-state index contributed by atoms with van der Waals surface area (Å²) in [4.78, 5) is 40.5. The molecule has 1 heterocycles. The average Bonchev–Trinajstić information content (AvgIpc) is 2.94. The second-order valence-electron chi connectivity index (χ2n) is 7.51. The third kappa shape index (κ3) is 4.75. The van der Waals surface area contributed by atoms with E-state index in [0.29, 0.717) is 11.6 Å². The van der Waals surface area contributed by atoms with Gasteiger partial charge in [-0.1, -0.05) is 62.9 Å². The highest BCUT2D eigenvalue weighted by Gasteiger charge is 2.36. The second-order valence-corrected chi connectivity index (χ2v) is 8.50. The van der Waals surface area contributed by atoms with Crippen LogP contribution in [0.25, 0.3) is 0 Å². The van der Waals surface area contributed by atoms with Gasteiger partial charge in [-0.25, -0.2) is 0 Å². The van der Waals surface area contributed by atoms with E-state index in [1.165, 1.54) is 22.7 Å². The number of benzene rings is 1. The highest BCUT2D eigenvalue weighted by molar-refractivity contribution is 8.04. The van der Waals surface area contributed by atoms with Crippen LogP contribution in [-0.4, -0.2) is 46.2 Å². The van der Waals surface area contributed by atoms with Gasteiger partial charge in [-0.15, -0.1) is 0 Å². The van der Waals surface area contributed by atoms with E-state index in [1.54, 1.807) is 18.9 Å². The number of nitrogens with zero attached hydrogens (tertiary/aromatic N) is 2. The summed E-state index contributed by atoms with van der Waals surface area (Å²) in [5.74, 6) is -0.101. The van der Waals surface area contributed by atoms with Crippen molar-refractivity contribution in [2.45, 2.75) is 40.3 Å². The number of ketones is 1. The van der Waals surface area contributed by atoms with E-state index < -0.39 is 11.5 Å². The van der Waals surface area contributed by atoms with Crippen molar-refractivity contribution in [2.75, 3.05) is 12.8 Å². The lowest BCUT2D eigenvalue weighted by Gasteiger charge is -2.28. The summed E-state index contributed by atoms with van der Waals surface area (Å²) in [5, 5.41) is 0.559. The Morgan fingerprint density at radius 1 is 1.27 bits per heavy atom.